The largest absolute Gasteiger partial charge is 0.396 e. The molecule has 2 rings (SSSR count). The van der Waals surface area contributed by atoms with E-state index < -0.39 is 0 Å². The lowest BCUT2D eigenvalue weighted by atomic mass is 9.89. The molecule has 0 atom stereocenters. The van der Waals surface area contributed by atoms with Crippen LogP contribution >= 0.6 is 22.7 Å². The van der Waals surface area contributed by atoms with Crippen LogP contribution in [0.4, 0.5) is 0 Å². The second-order valence-corrected chi connectivity index (χ2v) is 7.64. The van der Waals surface area contributed by atoms with E-state index >= 15 is 0 Å². The smallest absolute Gasteiger partial charge is 0.124 e. The minimum Gasteiger partial charge on any atom is -0.396 e. The quantitative estimate of drug-likeness (QED) is 0.730. The fourth-order valence-electron chi connectivity index (χ4n) is 1.89. The van der Waals surface area contributed by atoms with E-state index in [-0.39, 0.29) is 12.0 Å². The van der Waals surface area contributed by atoms with Crippen molar-refractivity contribution in [3.63, 3.8) is 0 Å². The Kier molecular flexibility index (Phi) is 5.72. The van der Waals surface area contributed by atoms with Crippen LogP contribution in [-0.2, 0) is 6.54 Å². The third kappa shape index (κ3) is 4.66. The molecule has 2 aromatic rings. The van der Waals surface area contributed by atoms with Crippen molar-refractivity contribution in [3.8, 4) is 10.6 Å². The molecular formula is C15H22N2OS2. The van der Waals surface area contributed by atoms with Crippen molar-refractivity contribution < 1.29 is 5.11 Å². The minimum atomic E-state index is 0.0400. The number of aliphatic hydroxyl groups excluding tert-OH is 1. The van der Waals surface area contributed by atoms with Crippen LogP contribution in [0.15, 0.2) is 23.0 Å². The van der Waals surface area contributed by atoms with Gasteiger partial charge in [0, 0.05) is 35.2 Å². The number of nitrogens with one attached hydrogen (secondary N) is 1. The Hall–Kier alpha value is -0.750. The lowest BCUT2D eigenvalue weighted by Crippen LogP contribution is -2.20. The highest BCUT2D eigenvalue weighted by Gasteiger charge is 2.15. The summed E-state index contributed by atoms with van der Waals surface area (Å²) in [4.78, 5) is 5.73. The first-order chi connectivity index (χ1) is 9.61. The first-order valence-electron chi connectivity index (χ1n) is 6.89. The van der Waals surface area contributed by atoms with E-state index in [1.165, 1.54) is 10.4 Å². The second kappa shape index (κ2) is 7.31. The van der Waals surface area contributed by atoms with Gasteiger partial charge in [0.25, 0.3) is 0 Å². The zero-order chi connectivity index (χ0) is 14.4. The predicted octanol–water partition coefficient (Wildman–Crippen LogP) is 3.76. The molecule has 2 N–H and O–H groups in total. The molecule has 0 radical (unpaired) electrons. The molecule has 0 aromatic carbocycles. The summed E-state index contributed by atoms with van der Waals surface area (Å²) in [6.45, 7) is 6.31. The van der Waals surface area contributed by atoms with Crippen molar-refractivity contribution in [1.29, 1.82) is 0 Å². The molecule has 0 aliphatic heterocycles. The zero-order valence-electron chi connectivity index (χ0n) is 12.1. The third-order valence-electron chi connectivity index (χ3n) is 3.26. The molecule has 110 valence electrons. The van der Waals surface area contributed by atoms with Gasteiger partial charge in [-0.2, -0.15) is 11.3 Å². The van der Waals surface area contributed by atoms with Crippen LogP contribution in [0.25, 0.3) is 10.6 Å². The lowest BCUT2D eigenvalue weighted by Gasteiger charge is -2.21. The number of thiazole rings is 1. The Morgan fingerprint density at radius 1 is 1.40 bits per heavy atom. The summed E-state index contributed by atoms with van der Waals surface area (Å²) in [5.74, 6) is 0. The van der Waals surface area contributed by atoms with Crippen molar-refractivity contribution in [2.75, 3.05) is 13.2 Å². The topological polar surface area (TPSA) is 45.1 Å². The van der Waals surface area contributed by atoms with Crippen molar-refractivity contribution in [3.05, 3.63) is 27.9 Å². The Morgan fingerprint density at radius 2 is 2.25 bits per heavy atom. The molecule has 0 bridgehead atoms. The maximum absolute atomic E-state index is 9.20. The molecule has 0 saturated heterocycles. The van der Waals surface area contributed by atoms with Crippen LogP contribution < -0.4 is 5.32 Å². The number of hydrogen-bond acceptors (Lipinski definition) is 5. The highest BCUT2D eigenvalue weighted by molar-refractivity contribution is 7.15. The molecule has 0 amide bonds. The van der Waals surface area contributed by atoms with Gasteiger partial charge in [-0.25, -0.2) is 4.98 Å². The number of thiophene rings is 1. The summed E-state index contributed by atoms with van der Waals surface area (Å²) in [6, 6.07) is 2.11. The average molecular weight is 310 g/mol. The number of aromatic nitrogens is 1. The van der Waals surface area contributed by atoms with Gasteiger partial charge in [-0.3, -0.25) is 0 Å². The lowest BCUT2D eigenvalue weighted by molar-refractivity contribution is 0.148. The highest BCUT2D eigenvalue weighted by atomic mass is 32.1. The van der Waals surface area contributed by atoms with Gasteiger partial charge in [0.1, 0.15) is 5.01 Å². The van der Waals surface area contributed by atoms with Crippen LogP contribution in [0.5, 0.6) is 0 Å². The standard InChI is InChI=1S/C15H22N2OS2/c1-15(2,11-18)5-3-6-16-8-13-9-17-14(20-13)12-4-7-19-10-12/h4,7,9-10,16,18H,3,5-6,8,11H2,1-2H3. The SMILES string of the molecule is CC(C)(CO)CCCNCc1cnc(-c2ccsc2)s1. The van der Waals surface area contributed by atoms with Crippen LogP contribution in [0.2, 0.25) is 0 Å². The fourth-order valence-corrected chi connectivity index (χ4v) is 3.48. The maximum Gasteiger partial charge on any atom is 0.124 e. The molecule has 0 unspecified atom stereocenters. The summed E-state index contributed by atoms with van der Waals surface area (Å²) in [6.07, 6.45) is 4.09. The number of rotatable bonds is 8. The molecule has 0 saturated carbocycles. The van der Waals surface area contributed by atoms with Gasteiger partial charge in [-0.1, -0.05) is 13.8 Å². The van der Waals surface area contributed by atoms with Crippen molar-refractivity contribution in [2.24, 2.45) is 5.41 Å². The number of hydrogen-bond donors (Lipinski definition) is 2. The normalized spacial score (nSPS) is 11.9. The molecule has 0 aliphatic carbocycles. The Bertz CT molecular complexity index is 506. The molecule has 2 aromatic heterocycles. The van der Waals surface area contributed by atoms with E-state index in [0.29, 0.717) is 0 Å². The zero-order valence-corrected chi connectivity index (χ0v) is 13.7. The van der Waals surface area contributed by atoms with E-state index in [2.05, 4.69) is 41.0 Å². The Balaban J connectivity index is 1.70. The predicted molar refractivity (Wildman–Crippen MR) is 87.2 cm³/mol. The summed E-state index contributed by atoms with van der Waals surface area (Å²) >= 11 is 3.45. The molecule has 20 heavy (non-hydrogen) atoms. The Labute approximate surface area is 128 Å². The van der Waals surface area contributed by atoms with Crippen LogP contribution in [0.3, 0.4) is 0 Å². The van der Waals surface area contributed by atoms with Gasteiger partial charge in [-0.05, 0) is 36.2 Å². The summed E-state index contributed by atoms with van der Waals surface area (Å²) < 4.78 is 0. The number of aliphatic hydroxyl groups is 1. The van der Waals surface area contributed by atoms with Gasteiger partial charge in [0.2, 0.25) is 0 Å². The molecule has 5 heteroatoms. The van der Waals surface area contributed by atoms with E-state index in [0.717, 1.165) is 30.9 Å². The molecule has 0 fully saturated rings. The van der Waals surface area contributed by atoms with Gasteiger partial charge in [-0.15, -0.1) is 11.3 Å². The van der Waals surface area contributed by atoms with E-state index in [1.807, 2.05) is 6.20 Å². The summed E-state index contributed by atoms with van der Waals surface area (Å²) in [5, 5.41) is 18.0. The van der Waals surface area contributed by atoms with E-state index in [9.17, 15) is 5.11 Å². The van der Waals surface area contributed by atoms with Crippen molar-refractivity contribution in [2.45, 2.75) is 33.2 Å². The second-order valence-electron chi connectivity index (χ2n) is 5.75. The highest BCUT2D eigenvalue weighted by Crippen LogP contribution is 2.26. The van der Waals surface area contributed by atoms with E-state index in [1.54, 1.807) is 22.7 Å². The van der Waals surface area contributed by atoms with Gasteiger partial charge in [0.05, 0.1) is 0 Å². The maximum atomic E-state index is 9.20. The van der Waals surface area contributed by atoms with Crippen molar-refractivity contribution in [1.82, 2.24) is 10.3 Å². The fraction of sp³-hybridized carbons (Fsp3) is 0.533. The molecule has 0 spiro atoms. The van der Waals surface area contributed by atoms with Gasteiger partial charge < -0.3 is 10.4 Å². The Morgan fingerprint density at radius 3 is 2.95 bits per heavy atom. The minimum absolute atomic E-state index is 0.0400. The van der Waals surface area contributed by atoms with Gasteiger partial charge in [0.15, 0.2) is 0 Å². The molecule has 3 nitrogen and oxygen atoms in total. The summed E-state index contributed by atoms with van der Waals surface area (Å²) in [7, 11) is 0. The first kappa shape index (κ1) is 15.6. The van der Waals surface area contributed by atoms with Crippen LogP contribution in [0, 0.1) is 5.41 Å². The van der Waals surface area contributed by atoms with Crippen LogP contribution in [-0.4, -0.2) is 23.2 Å². The van der Waals surface area contributed by atoms with Crippen molar-refractivity contribution >= 4 is 22.7 Å². The third-order valence-corrected chi connectivity index (χ3v) is 4.99. The molecular weight excluding hydrogens is 288 g/mol. The molecule has 0 aliphatic rings. The first-order valence-corrected chi connectivity index (χ1v) is 8.65. The van der Waals surface area contributed by atoms with Gasteiger partial charge >= 0.3 is 0 Å². The van der Waals surface area contributed by atoms with Crippen LogP contribution in [0.1, 0.15) is 31.6 Å². The average Bonchev–Trinajstić information content (AvgIpc) is 3.09. The summed E-state index contributed by atoms with van der Waals surface area (Å²) in [5.41, 5.74) is 1.26. The molecule has 2 heterocycles. The monoisotopic (exact) mass is 310 g/mol. The number of nitrogens with zero attached hydrogens (tertiary/aromatic N) is 1. The van der Waals surface area contributed by atoms with E-state index in [4.69, 9.17) is 0 Å².